The molecule has 0 saturated carbocycles. The van der Waals surface area contributed by atoms with E-state index in [0.29, 0.717) is 0 Å². The summed E-state index contributed by atoms with van der Waals surface area (Å²) in [6.07, 6.45) is 1.11. The first-order valence-corrected chi connectivity index (χ1v) is 5.31. The summed E-state index contributed by atoms with van der Waals surface area (Å²) in [5, 5.41) is 8.19. The third kappa shape index (κ3) is 8.55. The number of carboxylic acids is 1. The third-order valence-corrected chi connectivity index (χ3v) is 2.44. The van der Waals surface area contributed by atoms with E-state index in [1.165, 1.54) is 11.8 Å². The number of rotatable bonds is 5. The van der Waals surface area contributed by atoms with Crippen LogP contribution in [0, 0.1) is 0 Å². The molecule has 0 aromatic rings. The molecule has 0 unspecified atom stereocenters. The van der Waals surface area contributed by atoms with Gasteiger partial charge in [-0.15, -0.1) is 0 Å². The number of halogens is 1. The Morgan fingerprint density at radius 1 is 1.67 bits per heavy atom. The van der Waals surface area contributed by atoms with Crippen molar-refractivity contribution in [3.63, 3.8) is 0 Å². The molecule has 0 spiro atoms. The first kappa shape index (κ1) is 9.55. The fourth-order valence-corrected chi connectivity index (χ4v) is 1.88. The van der Waals surface area contributed by atoms with Gasteiger partial charge in [-0.2, -0.15) is 11.8 Å². The van der Waals surface area contributed by atoms with E-state index in [2.05, 4.69) is 22.6 Å². The smallest absolute Gasteiger partial charge is 0.313 e. The van der Waals surface area contributed by atoms with Crippen LogP contribution in [-0.2, 0) is 4.79 Å². The molecule has 0 saturated heterocycles. The summed E-state index contributed by atoms with van der Waals surface area (Å²) in [5.74, 6) is 0.500. The van der Waals surface area contributed by atoms with Crippen LogP contribution in [0.1, 0.15) is 6.42 Å². The van der Waals surface area contributed by atoms with Crippen LogP contribution in [-0.4, -0.2) is 27.0 Å². The van der Waals surface area contributed by atoms with E-state index < -0.39 is 5.97 Å². The Morgan fingerprint density at radius 3 is 2.78 bits per heavy atom. The van der Waals surface area contributed by atoms with Crippen molar-refractivity contribution in [2.45, 2.75) is 6.42 Å². The van der Waals surface area contributed by atoms with Gasteiger partial charge in [-0.05, 0) is 12.2 Å². The minimum Gasteiger partial charge on any atom is -0.481 e. The Labute approximate surface area is 72.5 Å². The molecule has 0 fully saturated rings. The van der Waals surface area contributed by atoms with E-state index in [0.717, 1.165) is 16.6 Å². The maximum Gasteiger partial charge on any atom is 0.313 e. The summed E-state index contributed by atoms with van der Waals surface area (Å²) in [6.45, 7) is 0. The number of hydrogen-bond donors (Lipinski definition) is 1. The predicted octanol–water partition coefficient (Wildman–Crippen LogP) is 1.63. The molecule has 9 heavy (non-hydrogen) atoms. The Morgan fingerprint density at radius 2 is 2.33 bits per heavy atom. The summed E-state index contributed by atoms with van der Waals surface area (Å²) in [7, 11) is 0. The van der Waals surface area contributed by atoms with Crippen molar-refractivity contribution in [1.29, 1.82) is 0 Å². The normalized spacial score (nSPS) is 9.44. The van der Waals surface area contributed by atoms with Gasteiger partial charge in [0.25, 0.3) is 0 Å². The van der Waals surface area contributed by atoms with Crippen LogP contribution in [0.15, 0.2) is 0 Å². The maximum absolute atomic E-state index is 9.94. The lowest BCUT2D eigenvalue weighted by Crippen LogP contribution is -1.98. The Bertz CT molecular complexity index is 87.0. The Kier molecular flexibility index (Phi) is 7.07. The van der Waals surface area contributed by atoms with Crippen LogP contribution in [0.25, 0.3) is 0 Å². The molecular weight excluding hydrogens is 251 g/mol. The Balaban J connectivity index is 2.83. The monoisotopic (exact) mass is 260 g/mol. The molecule has 1 N–H and O–H groups in total. The van der Waals surface area contributed by atoms with Gasteiger partial charge in [0.15, 0.2) is 0 Å². The molecule has 0 aliphatic carbocycles. The van der Waals surface area contributed by atoms with E-state index in [1.807, 2.05) is 0 Å². The minimum atomic E-state index is -0.714. The van der Waals surface area contributed by atoms with Gasteiger partial charge in [0.05, 0.1) is 5.75 Å². The highest BCUT2D eigenvalue weighted by atomic mass is 127. The van der Waals surface area contributed by atoms with Gasteiger partial charge < -0.3 is 5.11 Å². The van der Waals surface area contributed by atoms with E-state index in [9.17, 15) is 4.79 Å². The number of carboxylic acid groups (broad SMARTS) is 1. The van der Waals surface area contributed by atoms with E-state index >= 15 is 0 Å². The molecule has 4 heteroatoms. The van der Waals surface area contributed by atoms with Crippen molar-refractivity contribution in [3.05, 3.63) is 0 Å². The van der Waals surface area contributed by atoms with Gasteiger partial charge in [-0.3, -0.25) is 4.79 Å². The van der Waals surface area contributed by atoms with E-state index in [-0.39, 0.29) is 5.75 Å². The van der Waals surface area contributed by atoms with Gasteiger partial charge in [0.1, 0.15) is 0 Å². The van der Waals surface area contributed by atoms with Crippen molar-refractivity contribution in [2.24, 2.45) is 0 Å². The van der Waals surface area contributed by atoms with E-state index in [1.54, 1.807) is 0 Å². The SMILES string of the molecule is O=C(O)CSCCCI. The number of hydrogen-bond acceptors (Lipinski definition) is 2. The molecule has 0 radical (unpaired) electrons. The lowest BCUT2D eigenvalue weighted by atomic mass is 10.6. The van der Waals surface area contributed by atoms with Crippen LogP contribution in [0.3, 0.4) is 0 Å². The number of thioether (sulfide) groups is 1. The topological polar surface area (TPSA) is 37.3 Å². The summed E-state index contributed by atoms with van der Waals surface area (Å²) in [5.41, 5.74) is 0. The van der Waals surface area contributed by atoms with Crippen molar-refractivity contribution in [3.8, 4) is 0 Å². The fourth-order valence-electron chi connectivity index (χ4n) is 0.316. The number of aliphatic carboxylic acids is 1. The molecule has 0 aromatic carbocycles. The van der Waals surface area contributed by atoms with Crippen LogP contribution < -0.4 is 0 Å². The molecule has 0 heterocycles. The lowest BCUT2D eigenvalue weighted by Gasteiger charge is -1.92. The molecule has 0 aliphatic heterocycles. The van der Waals surface area contributed by atoms with Gasteiger partial charge in [-0.25, -0.2) is 0 Å². The lowest BCUT2D eigenvalue weighted by molar-refractivity contribution is -0.133. The zero-order valence-corrected chi connectivity index (χ0v) is 7.94. The highest BCUT2D eigenvalue weighted by Gasteiger charge is 1.94. The molecule has 0 amide bonds. The molecule has 0 rings (SSSR count). The summed E-state index contributed by atoms with van der Waals surface area (Å²) < 4.78 is 1.12. The number of carbonyl (C=O) groups is 1. The maximum atomic E-state index is 9.94. The summed E-state index contributed by atoms with van der Waals surface area (Å²) in [6, 6.07) is 0. The third-order valence-electron chi connectivity index (χ3n) is 0.648. The van der Waals surface area contributed by atoms with Gasteiger partial charge in [0, 0.05) is 4.43 Å². The summed E-state index contributed by atoms with van der Waals surface area (Å²) >= 11 is 3.77. The molecule has 0 atom stereocenters. The first-order chi connectivity index (χ1) is 4.27. The van der Waals surface area contributed by atoms with Crippen molar-refractivity contribution < 1.29 is 9.90 Å². The second-order valence-electron chi connectivity index (χ2n) is 1.49. The quantitative estimate of drug-likeness (QED) is 0.463. The average Bonchev–Trinajstić information content (AvgIpc) is 1.80. The second-order valence-corrected chi connectivity index (χ2v) is 3.67. The number of alkyl halides is 1. The van der Waals surface area contributed by atoms with Crippen molar-refractivity contribution >= 4 is 40.3 Å². The standard InChI is InChI=1S/C5H9IO2S/c6-2-1-3-9-4-5(7)8/h1-4H2,(H,7,8). The zero-order valence-electron chi connectivity index (χ0n) is 4.97. The van der Waals surface area contributed by atoms with Gasteiger partial charge in [-0.1, -0.05) is 22.6 Å². The molecule has 0 bridgehead atoms. The predicted molar refractivity (Wildman–Crippen MR) is 48.5 cm³/mol. The van der Waals surface area contributed by atoms with E-state index in [4.69, 9.17) is 5.11 Å². The molecule has 0 aromatic heterocycles. The first-order valence-electron chi connectivity index (χ1n) is 2.63. The summed E-state index contributed by atoms with van der Waals surface area (Å²) in [4.78, 5) is 9.94. The molecule has 0 aliphatic rings. The van der Waals surface area contributed by atoms with Crippen molar-refractivity contribution in [1.82, 2.24) is 0 Å². The van der Waals surface area contributed by atoms with Crippen LogP contribution in [0.5, 0.6) is 0 Å². The molecule has 2 nitrogen and oxygen atoms in total. The van der Waals surface area contributed by atoms with Crippen LogP contribution >= 0.6 is 34.4 Å². The van der Waals surface area contributed by atoms with Gasteiger partial charge >= 0.3 is 5.97 Å². The van der Waals surface area contributed by atoms with Crippen LogP contribution in [0.2, 0.25) is 0 Å². The molecule has 54 valence electrons. The highest BCUT2D eigenvalue weighted by Crippen LogP contribution is 2.02. The largest absolute Gasteiger partial charge is 0.481 e. The second kappa shape index (κ2) is 6.67. The van der Waals surface area contributed by atoms with Crippen molar-refractivity contribution in [2.75, 3.05) is 15.9 Å². The molecular formula is C5H9IO2S. The van der Waals surface area contributed by atoms with Gasteiger partial charge in [0.2, 0.25) is 0 Å². The fraction of sp³-hybridized carbons (Fsp3) is 0.800. The zero-order chi connectivity index (χ0) is 7.11. The Hall–Kier alpha value is 0.550. The minimum absolute atomic E-state index is 0.247. The average molecular weight is 260 g/mol. The highest BCUT2D eigenvalue weighted by molar-refractivity contribution is 14.1. The van der Waals surface area contributed by atoms with Crippen LogP contribution in [0.4, 0.5) is 0 Å².